The van der Waals surface area contributed by atoms with E-state index in [1.807, 2.05) is 24.5 Å². The molecule has 0 radical (unpaired) electrons. The highest BCUT2D eigenvalue weighted by molar-refractivity contribution is 7.98. The normalized spacial score (nSPS) is 10.1. The lowest BCUT2D eigenvalue weighted by Crippen LogP contribution is -2.11. The van der Waals surface area contributed by atoms with Crippen LogP contribution in [0.2, 0.25) is 0 Å². The molecule has 0 amide bonds. The number of nitrogens with one attached hydrogen (secondary N) is 2. The molecule has 0 spiro atoms. The lowest BCUT2D eigenvalue weighted by atomic mass is 10.3. The molecule has 0 fully saturated rings. The Hall–Kier alpha value is -1.86. The van der Waals surface area contributed by atoms with Gasteiger partial charge in [-0.25, -0.2) is 15.8 Å². The first-order valence-electron chi connectivity index (χ1n) is 5.35. The molecule has 0 saturated carbocycles. The molecule has 0 aromatic carbocycles. The standard InChI is InChI=1S/C11H14N6S/c1-18-11-15-9(6-10(16-11)17-12)14-7-8-4-2-3-5-13-8/h2-6H,7,12H2,1H3,(H2,14,15,16,17). The first-order valence-corrected chi connectivity index (χ1v) is 6.58. The highest BCUT2D eigenvalue weighted by Crippen LogP contribution is 2.16. The number of aromatic nitrogens is 3. The van der Waals surface area contributed by atoms with Crippen LogP contribution >= 0.6 is 11.8 Å². The number of hydrogen-bond donors (Lipinski definition) is 3. The Morgan fingerprint density at radius 2 is 2.11 bits per heavy atom. The molecule has 2 aromatic rings. The molecule has 0 saturated heterocycles. The fourth-order valence-electron chi connectivity index (χ4n) is 1.36. The Balaban J connectivity index is 2.09. The summed E-state index contributed by atoms with van der Waals surface area (Å²) in [6, 6.07) is 7.54. The zero-order valence-electron chi connectivity index (χ0n) is 9.92. The molecule has 6 nitrogen and oxygen atoms in total. The van der Waals surface area contributed by atoms with Gasteiger partial charge in [0.2, 0.25) is 0 Å². The number of pyridine rings is 1. The van der Waals surface area contributed by atoms with Gasteiger partial charge in [0.05, 0.1) is 12.2 Å². The van der Waals surface area contributed by atoms with E-state index in [1.165, 1.54) is 11.8 Å². The average Bonchev–Trinajstić information content (AvgIpc) is 2.45. The van der Waals surface area contributed by atoms with Crippen LogP contribution in [0.5, 0.6) is 0 Å². The molecular formula is C11H14N6S. The van der Waals surface area contributed by atoms with E-state index in [1.54, 1.807) is 12.3 Å². The fraction of sp³-hybridized carbons (Fsp3) is 0.182. The Morgan fingerprint density at radius 3 is 2.78 bits per heavy atom. The third kappa shape index (κ3) is 3.31. The first kappa shape index (κ1) is 12.6. The Labute approximate surface area is 109 Å². The quantitative estimate of drug-likeness (QED) is 0.325. The van der Waals surface area contributed by atoms with Crippen molar-refractivity contribution in [2.75, 3.05) is 17.0 Å². The van der Waals surface area contributed by atoms with E-state index >= 15 is 0 Å². The summed E-state index contributed by atoms with van der Waals surface area (Å²) in [6.45, 7) is 0.607. The summed E-state index contributed by atoms with van der Waals surface area (Å²) < 4.78 is 0. The van der Waals surface area contributed by atoms with Crippen molar-refractivity contribution >= 4 is 23.4 Å². The molecule has 2 rings (SSSR count). The fourth-order valence-corrected chi connectivity index (χ4v) is 1.74. The minimum Gasteiger partial charge on any atom is -0.364 e. The highest BCUT2D eigenvalue weighted by atomic mass is 32.2. The lowest BCUT2D eigenvalue weighted by Gasteiger charge is -2.08. The van der Waals surface area contributed by atoms with E-state index in [4.69, 9.17) is 5.84 Å². The second-order valence-electron chi connectivity index (χ2n) is 3.44. The number of nitrogens with zero attached hydrogens (tertiary/aromatic N) is 3. The molecule has 4 N–H and O–H groups in total. The number of hydrogen-bond acceptors (Lipinski definition) is 7. The predicted octanol–water partition coefficient (Wildman–Crippen LogP) is 1.49. The van der Waals surface area contributed by atoms with Crippen LogP contribution in [0.15, 0.2) is 35.6 Å². The van der Waals surface area contributed by atoms with E-state index in [9.17, 15) is 0 Å². The van der Waals surface area contributed by atoms with Crippen molar-refractivity contribution in [3.05, 3.63) is 36.2 Å². The maximum Gasteiger partial charge on any atom is 0.191 e. The van der Waals surface area contributed by atoms with Crippen molar-refractivity contribution in [2.24, 2.45) is 5.84 Å². The average molecular weight is 262 g/mol. The van der Waals surface area contributed by atoms with Crippen LogP contribution in [0.3, 0.4) is 0 Å². The van der Waals surface area contributed by atoms with Gasteiger partial charge in [0.15, 0.2) is 5.16 Å². The van der Waals surface area contributed by atoms with Gasteiger partial charge in [-0.15, -0.1) is 0 Å². The Morgan fingerprint density at radius 1 is 1.28 bits per heavy atom. The van der Waals surface area contributed by atoms with Gasteiger partial charge in [0, 0.05) is 12.3 Å². The Kier molecular flexibility index (Phi) is 4.32. The van der Waals surface area contributed by atoms with Gasteiger partial charge >= 0.3 is 0 Å². The van der Waals surface area contributed by atoms with E-state index in [-0.39, 0.29) is 0 Å². The minimum atomic E-state index is 0.581. The van der Waals surface area contributed by atoms with Crippen LogP contribution < -0.4 is 16.6 Å². The van der Waals surface area contributed by atoms with Gasteiger partial charge in [0.25, 0.3) is 0 Å². The number of nitrogens with two attached hydrogens (primary N) is 1. The second kappa shape index (κ2) is 6.18. The SMILES string of the molecule is CSc1nc(NN)cc(NCc2ccccn2)n1. The second-order valence-corrected chi connectivity index (χ2v) is 4.22. The molecule has 0 unspecified atom stereocenters. The molecule has 0 aliphatic rings. The summed E-state index contributed by atoms with van der Waals surface area (Å²) in [5.41, 5.74) is 3.47. The number of thioether (sulfide) groups is 1. The van der Waals surface area contributed by atoms with Gasteiger partial charge in [-0.3, -0.25) is 4.98 Å². The molecule has 0 atom stereocenters. The minimum absolute atomic E-state index is 0.581. The van der Waals surface area contributed by atoms with Gasteiger partial charge < -0.3 is 10.7 Å². The maximum absolute atomic E-state index is 5.36. The number of rotatable bonds is 5. The van der Waals surface area contributed by atoms with E-state index < -0.39 is 0 Å². The van der Waals surface area contributed by atoms with Crippen LogP contribution in [0.4, 0.5) is 11.6 Å². The van der Waals surface area contributed by atoms with Crippen LogP contribution in [0.25, 0.3) is 0 Å². The van der Waals surface area contributed by atoms with E-state index in [0.717, 1.165) is 5.69 Å². The van der Waals surface area contributed by atoms with Crippen molar-refractivity contribution in [3.8, 4) is 0 Å². The highest BCUT2D eigenvalue weighted by Gasteiger charge is 2.03. The molecule has 0 bridgehead atoms. The smallest absolute Gasteiger partial charge is 0.191 e. The first-order chi connectivity index (χ1) is 8.81. The Bertz CT molecular complexity index is 482. The third-order valence-corrected chi connectivity index (χ3v) is 2.76. The van der Waals surface area contributed by atoms with Gasteiger partial charge in [-0.1, -0.05) is 17.8 Å². The van der Waals surface area contributed by atoms with Gasteiger partial charge in [-0.05, 0) is 18.4 Å². The summed E-state index contributed by atoms with van der Waals surface area (Å²) in [7, 11) is 0. The van der Waals surface area contributed by atoms with Crippen molar-refractivity contribution in [1.82, 2.24) is 15.0 Å². The van der Waals surface area contributed by atoms with Crippen LogP contribution in [-0.2, 0) is 6.54 Å². The molecule has 18 heavy (non-hydrogen) atoms. The van der Waals surface area contributed by atoms with Crippen LogP contribution in [0, 0.1) is 0 Å². The monoisotopic (exact) mass is 262 g/mol. The molecule has 2 heterocycles. The molecule has 0 aliphatic carbocycles. The van der Waals surface area contributed by atoms with Crippen molar-refractivity contribution < 1.29 is 0 Å². The molecule has 7 heteroatoms. The lowest BCUT2D eigenvalue weighted by molar-refractivity contribution is 0.943. The largest absolute Gasteiger partial charge is 0.364 e. The zero-order chi connectivity index (χ0) is 12.8. The van der Waals surface area contributed by atoms with Crippen LogP contribution in [0.1, 0.15) is 5.69 Å². The molecule has 94 valence electrons. The topological polar surface area (TPSA) is 88.8 Å². The van der Waals surface area contributed by atoms with Crippen molar-refractivity contribution in [3.63, 3.8) is 0 Å². The van der Waals surface area contributed by atoms with Crippen molar-refractivity contribution in [1.29, 1.82) is 0 Å². The van der Waals surface area contributed by atoms with Gasteiger partial charge in [0.1, 0.15) is 11.6 Å². The number of hydrazine groups is 1. The van der Waals surface area contributed by atoms with Gasteiger partial charge in [-0.2, -0.15) is 0 Å². The van der Waals surface area contributed by atoms with E-state index in [0.29, 0.717) is 23.3 Å². The van der Waals surface area contributed by atoms with Crippen molar-refractivity contribution in [2.45, 2.75) is 11.7 Å². The maximum atomic E-state index is 5.36. The number of nitrogen functional groups attached to an aromatic ring is 1. The summed E-state index contributed by atoms with van der Waals surface area (Å²) >= 11 is 1.46. The third-order valence-electron chi connectivity index (χ3n) is 2.21. The summed E-state index contributed by atoms with van der Waals surface area (Å²) in [5.74, 6) is 6.66. The number of anilines is 2. The van der Waals surface area contributed by atoms with Crippen LogP contribution in [-0.4, -0.2) is 21.2 Å². The summed E-state index contributed by atoms with van der Waals surface area (Å²) in [5, 5.41) is 3.85. The predicted molar refractivity (Wildman–Crippen MR) is 73.2 cm³/mol. The molecule has 2 aromatic heterocycles. The summed E-state index contributed by atoms with van der Waals surface area (Å²) in [4.78, 5) is 12.7. The summed E-state index contributed by atoms with van der Waals surface area (Å²) in [6.07, 6.45) is 3.68. The zero-order valence-corrected chi connectivity index (χ0v) is 10.7. The van der Waals surface area contributed by atoms with E-state index in [2.05, 4.69) is 25.7 Å². The molecule has 0 aliphatic heterocycles. The molecular weight excluding hydrogens is 248 g/mol.